The predicted octanol–water partition coefficient (Wildman–Crippen LogP) is 6.15. The summed E-state index contributed by atoms with van der Waals surface area (Å²) in [5, 5.41) is 10.7. The van der Waals surface area contributed by atoms with Crippen LogP contribution in [0.2, 0.25) is 0 Å². The molecule has 3 N–H and O–H groups in total. The maximum Gasteiger partial charge on any atom is 0.229 e. The minimum Gasteiger partial charge on any atom is -0.494 e. The van der Waals surface area contributed by atoms with Gasteiger partial charge >= 0.3 is 0 Å². The van der Waals surface area contributed by atoms with Crippen LogP contribution in [0.15, 0.2) is 107 Å². The Labute approximate surface area is 251 Å². The molecule has 43 heavy (non-hydrogen) atoms. The molecule has 9 nitrogen and oxygen atoms in total. The Morgan fingerprint density at radius 1 is 0.814 bits per heavy atom. The van der Waals surface area contributed by atoms with Crippen molar-refractivity contribution in [2.45, 2.75) is 28.7 Å². The van der Waals surface area contributed by atoms with E-state index in [1.54, 1.807) is 61.7 Å². The second-order valence-electron chi connectivity index (χ2n) is 10.4. The lowest BCUT2D eigenvalue weighted by Crippen LogP contribution is -2.41. The average Bonchev–Trinajstić information content (AvgIpc) is 3.05. The van der Waals surface area contributed by atoms with Gasteiger partial charge in [0.05, 0.1) is 33.8 Å². The average molecular weight is 595 g/mol. The van der Waals surface area contributed by atoms with E-state index in [4.69, 9.17) is 14.7 Å². The summed E-state index contributed by atoms with van der Waals surface area (Å²) < 4.78 is 32.9. The molecule has 6 rings (SSSR count). The van der Waals surface area contributed by atoms with Crippen molar-refractivity contribution in [3.63, 3.8) is 0 Å². The number of para-hydroxylation sites is 2. The Hall–Kier alpha value is -4.67. The van der Waals surface area contributed by atoms with Crippen LogP contribution in [0.25, 0.3) is 10.9 Å². The largest absolute Gasteiger partial charge is 0.494 e. The van der Waals surface area contributed by atoms with Gasteiger partial charge in [-0.05, 0) is 68.4 Å². The minimum atomic E-state index is -3.77. The Morgan fingerprint density at radius 3 is 2.30 bits per heavy atom. The minimum absolute atomic E-state index is 0.161. The van der Waals surface area contributed by atoms with Crippen molar-refractivity contribution >= 4 is 49.6 Å². The molecule has 1 fully saturated rings. The van der Waals surface area contributed by atoms with Crippen LogP contribution in [0.5, 0.6) is 5.75 Å². The maximum absolute atomic E-state index is 13.6. The smallest absolute Gasteiger partial charge is 0.229 e. The monoisotopic (exact) mass is 594 g/mol. The van der Waals surface area contributed by atoms with Gasteiger partial charge in [0.2, 0.25) is 15.8 Å². The molecule has 220 valence electrons. The number of benzene rings is 4. The van der Waals surface area contributed by atoms with Crippen LogP contribution < -0.4 is 25.6 Å². The first-order chi connectivity index (χ1) is 21.0. The first-order valence-corrected chi connectivity index (χ1v) is 15.7. The van der Waals surface area contributed by atoms with Crippen molar-refractivity contribution < 1.29 is 13.2 Å². The third-order valence-electron chi connectivity index (χ3n) is 7.79. The Kier molecular flexibility index (Phi) is 8.13. The number of ether oxygens (including phenoxy) is 1. The molecule has 10 heteroatoms. The van der Waals surface area contributed by atoms with E-state index < -0.39 is 9.84 Å². The molecule has 1 aromatic heterocycles. The van der Waals surface area contributed by atoms with Crippen molar-refractivity contribution in [3.05, 3.63) is 97.1 Å². The number of rotatable bonds is 9. The first kappa shape index (κ1) is 28.4. The van der Waals surface area contributed by atoms with E-state index in [1.807, 2.05) is 43.4 Å². The highest BCUT2D eigenvalue weighted by atomic mass is 32.2. The zero-order chi connectivity index (χ0) is 29.8. The number of aromatic nitrogens is 2. The molecule has 4 aromatic carbocycles. The van der Waals surface area contributed by atoms with Gasteiger partial charge in [0.15, 0.2) is 0 Å². The van der Waals surface area contributed by atoms with E-state index in [-0.39, 0.29) is 9.79 Å². The Balaban J connectivity index is 1.33. The third kappa shape index (κ3) is 5.97. The number of methoxy groups -OCH3 is 1. The van der Waals surface area contributed by atoms with Gasteiger partial charge in [-0.2, -0.15) is 4.98 Å². The van der Waals surface area contributed by atoms with E-state index in [0.29, 0.717) is 34.8 Å². The van der Waals surface area contributed by atoms with Gasteiger partial charge in [-0.15, -0.1) is 0 Å². The lowest BCUT2D eigenvalue weighted by atomic mass is 10.0. The van der Waals surface area contributed by atoms with Crippen molar-refractivity contribution in [3.8, 4) is 5.75 Å². The molecular formula is C33H34N6O3S. The molecule has 0 atom stereocenters. The Bertz CT molecular complexity index is 1840. The van der Waals surface area contributed by atoms with Crippen LogP contribution in [0.3, 0.4) is 0 Å². The molecule has 2 heterocycles. The molecule has 1 aliphatic rings. The number of piperidine rings is 1. The van der Waals surface area contributed by atoms with Crippen LogP contribution in [0.1, 0.15) is 12.8 Å². The number of nitrogens with one attached hydrogen (secondary N) is 3. The van der Waals surface area contributed by atoms with Gasteiger partial charge < -0.3 is 25.6 Å². The molecule has 0 radical (unpaired) electrons. The molecule has 0 spiro atoms. The first-order valence-electron chi connectivity index (χ1n) is 14.3. The number of anilines is 5. The molecule has 1 aliphatic heterocycles. The fourth-order valence-corrected chi connectivity index (χ4v) is 6.85. The number of hydrogen-bond donors (Lipinski definition) is 3. The number of fused-ring (bicyclic) bond motifs is 1. The van der Waals surface area contributed by atoms with Crippen molar-refractivity contribution in [1.29, 1.82) is 0 Å². The van der Waals surface area contributed by atoms with Gasteiger partial charge in [0.1, 0.15) is 11.6 Å². The van der Waals surface area contributed by atoms with E-state index in [0.717, 1.165) is 42.7 Å². The summed E-state index contributed by atoms with van der Waals surface area (Å²) in [6.45, 7) is 1.96. The van der Waals surface area contributed by atoms with E-state index in [1.165, 1.54) is 0 Å². The highest BCUT2D eigenvalue weighted by Gasteiger charge is 2.22. The summed E-state index contributed by atoms with van der Waals surface area (Å²) in [5.41, 5.74) is 2.96. The zero-order valence-electron chi connectivity index (χ0n) is 24.1. The molecule has 0 aliphatic carbocycles. The van der Waals surface area contributed by atoms with Gasteiger partial charge in [0.25, 0.3) is 0 Å². The quantitative estimate of drug-likeness (QED) is 0.185. The maximum atomic E-state index is 13.6. The molecular weight excluding hydrogens is 560 g/mol. The van der Waals surface area contributed by atoms with E-state index in [2.05, 4.69) is 26.9 Å². The topological polar surface area (TPSA) is 108 Å². The fraction of sp³-hybridized carbons (Fsp3) is 0.212. The zero-order valence-corrected chi connectivity index (χ0v) is 24.9. The summed E-state index contributed by atoms with van der Waals surface area (Å²) >= 11 is 0. The third-order valence-corrected chi connectivity index (χ3v) is 9.61. The summed E-state index contributed by atoms with van der Waals surface area (Å²) in [5.74, 6) is 1.51. The Morgan fingerprint density at radius 2 is 1.53 bits per heavy atom. The molecule has 1 saturated heterocycles. The fourth-order valence-electron chi connectivity index (χ4n) is 5.41. The highest BCUT2D eigenvalue weighted by molar-refractivity contribution is 7.91. The molecule has 0 saturated carbocycles. The summed E-state index contributed by atoms with van der Waals surface area (Å²) in [6, 6.07) is 29.5. The van der Waals surface area contributed by atoms with E-state index >= 15 is 0 Å². The van der Waals surface area contributed by atoms with Gasteiger partial charge in [-0.3, -0.25) is 0 Å². The number of nitrogens with zero attached hydrogens (tertiary/aromatic N) is 3. The SMILES string of the molecule is CNC1CCN(c2ccc(Nc3nc(Nc4ccccc4S(=O)(=O)c4ccccc4)c4ccccc4n3)c(OC)c2)CC1. The lowest BCUT2D eigenvalue weighted by molar-refractivity contribution is 0.415. The van der Waals surface area contributed by atoms with Crippen LogP contribution in [0.4, 0.5) is 28.8 Å². The molecule has 0 bridgehead atoms. The number of sulfone groups is 1. The van der Waals surface area contributed by atoms with E-state index in [9.17, 15) is 8.42 Å². The molecule has 0 amide bonds. The van der Waals surface area contributed by atoms with Crippen LogP contribution >= 0.6 is 0 Å². The molecule has 0 unspecified atom stereocenters. The van der Waals surface area contributed by atoms with Crippen LogP contribution in [-0.2, 0) is 9.84 Å². The van der Waals surface area contributed by atoms with Gasteiger partial charge in [-0.1, -0.05) is 42.5 Å². The summed E-state index contributed by atoms with van der Waals surface area (Å²) in [7, 11) is -0.107. The highest BCUT2D eigenvalue weighted by Crippen LogP contribution is 2.35. The summed E-state index contributed by atoms with van der Waals surface area (Å²) in [6.07, 6.45) is 2.19. The van der Waals surface area contributed by atoms with Crippen molar-refractivity contribution in [2.24, 2.45) is 0 Å². The predicted molar refractivity (Wildman–Crippen MR) is 172 cm³/mol. The van der Waals surface area contributed by atoms with Gasteiger partial charge in [-0.25, -0.2) is 13.4 Å². The standard InChI is InChI=1S/C33H34N6O3S/c1-34-23-18-20-39(21-19-23)24-16-17-28(30(22-24)42-2)37-33-36-27-13-7-6-12-26(27)32(38-33)35-29-14-8-9-15-31(29)43(40,41)25-10-4-3-5-11-25/h3-17,22-23,34H,18-21H2,1-2H3,(H2,35,36,37,38). The second-order valence-corrected chi connectivity index (χ2v) is 12.3. The van der Waals surface area contributed by atoms with Crippen LogP contribution in [0, 0.1) is 0 Å². The van der Waals surface area contributed by atoms with Crippen molar-refractivity contribution in [1.82, 2.24) is 15.3 Å². The van der Waals surface area contributed by atoms with Gasteiger partial charge in [0, 0.05) is 36.3 Å². The lowest BCUT2D eigenvalue weighted by Gasteiger charge is -2.33. The van der Waals surface area contributed by atoms with Crippen molar-refractivity contribution in [2.75, 3.05) is 42.8 Å². The molecule has 5 aromatic rings. The second kappa shape index (κ2) is 12.3. The van der Waals surface area contributed by atoms with Crippen LogP contribution in [-0.4, -0.2) is 51.7 Å². The summed E-state index contributed by atoms with van der Waals surface area (Å²) in [4.78, 5) is 12.3. The number of hydrogen-bond acceptors (Lipinski definition) is 9. The normalized spacial score (nSPS) is 14.0.